The van der Waals surface area contributed by atoms with Crippen LogP contribution >= 0.6 is 0 Å². The van der Waals surface area contributed by atoms with Gasteiger partial charge in [0, 0.05) is 19.6 Å². The largest absolute Gasteiger partial charge is 0.318 e. The molecule has 2 nitrogen and oxygen atoms in total. The van der Waals surface area contributed by atoms with E-state index in [2.05, 4.69) is 30.4 Å². The summed E-state index contributed by atoms with van der Waals surface area (Å²) in [6.45, 7) is 14.4. The zero-order valence-corrected chi connectivity index (χ0v) is 10.7. The average molecular weight is 210 g/mol. The smallest absolute Gasteiger partial charge is 0.0231 e. The van der Waals surface area contributed by atoms with E-state index in [0.717, 1.165) is 19.6 Å². The standard InChI is InChI=1S/C11H20N2.C2H6/c1-5-7-11(6-2)10-13(4)9-8-12-3;1-2/h5-7,12H,1-2,8-10H2,3-4H3;1-2H3/b11-7+;. The Morgan fingerprint density at radius 1 is 1.33 bits per heavy atom. The van der Waals surface area contributed by atoms with Gasteiger partial charge in [-0.1, -0.05) is 45.2 Å². The third kappa shape index (κ3) is 11.1. The molecule has 0 fully saturated rings. The van der Waals surface area contributed by atoms with Crippen LogP contribution in [0.4, 0.5) is 0 Å². The summed E-state index contributed by atoms with van der Waals surface area (Å²) >= 11 is 0. The Hall–Kier alpha value is -0.860. The van der Waals surface area contributed by atoms with Gasteiger partial charge in [-0.25, -0.2) is 0 Å². The number of nitrogens with one attached hydrogen (secondary N) is 1. The molecule has 0 unspecified atom stereocenters. The zero-order valence-electron chi connectivity index (χ0n) is 10.7. The first-order valence-electron chi connectivity index (χ1n) is 5.51. The molecule has 0 aromatic heterocycles. The van der Waals surface area contributed by atoms with Crippen molar-refractivity contribution in [1.29, 1.82) is 0 Å². The van der Waals surface area contributed by atoms with E-state index in [9.17, 15) is 0 Å². The summed E-state index contributed by atoms with van der Waals surface area (Å²) in [5.41, 5.74) is 1.20. The SMILES string of the molecule is C=C/C=C(\C=C)CN(C)CCNC.CC. The van der Waals surface area contributed by atoms with Crippen LogP contribution in [0.15, 0.2) is 37.0 Å². The molecule has 0 aliphatic carbocycles. The molecule has 0 amide bonds. The van der Waals surface area contributed by atoms with Crippen LogP contribution in [-0.2, 0) is 0 Å². The first kappa shape index (κ1) is 16.6. The maximum absolute atomic E-state index is 3.75. The average Bonchev–Trinajstić information content (AvgIpc) is 2.28. The topological polar surface area (TPSA) is 15.3 Å². The first-order chi connectivity index (χ1) is 7.24. The van der Waals surface area contributed by atoms with E-state index in [-0.39, 0.29) is 0 Å². The van der Waals surface area contributed by atoms with Crippen molar-refractivity contribution in [3.63, 3.8) is 0 Å². The van der Waals surface area contributed by atoms with Crippen molar-refractivity contribution in [1.82, 2.24) is 10.2 Å². The minimum atomic E-state index is 0.928. The summed E-state index contributed by atoms with van der Waals surface area (Å²) in [5.74, 6) is 0. The minimum absolute atomic E-state index is 0.928. The molecule has 2 heteroatoms. The van der Waals surface area contributed by atoms with Crippen LogP contribution in [0.25, 0.3) is 0 Å². The monoisotopic (exact) mass is 210 g/mol. The number of hydrogen-bond acceptors (Lipinski definition) is 2. The van der Waals surface area contributed by atoms with Crippen LogP contribution in [0.1, 0.15) is 13.8 Å². The van der Waals surface area contributed by atoms with Crippen LogP contribution in [0.5, 0.6) is 0 Å². The molecule has 0 aliphatic heterocycles. The molecule has 0 radical (unpaired) electrons. The van der Waals surface area contributed by atoms with Crippen LogP contribution in [-0.4, -0.2) is 38.6 Å². The number of likely N-dealkylation sites (N-methyl/N-ethyl adjacent to an activating group) is 2. The van der Waals surface area contributed by atoms with E-state index in [1.807, 2.05) is 33.0 Å². The Kier molecular flexibility index (Phi) is 14.5. The van der Waals surface area contributed by atoms with Gasteiger partial charge in [0.05, 0.1) is 0 Å². The van der Waals surface area contributed by atoms with Crippen molar-refractivity contribution in [2.75, 3.05) is 33.7 Å². The quantitative estimate of drug-likeness (QED) is 0.649. The Labute approximate surface area is 95.4 Å². The minimum Gasteiger partial charge on any atom is -0.318 e. The van der Waals surface area contributed by atoms with Crippen molar-refractivity contribution < 1.29 is 0 Å². The van der Waals surface area contributed by atoms with Crippen LogP contribution in [0.3, 0.4) is 0 Å². The highest BCUT2D eigenvalue weighted by Gasteiger charge is 1.98. The van der Waals surface area contributed by atoms with Crippen LogP contribution in [0, 0.1) is 0 Å². The maximum Gasteiger partial charge on any atom is 0.0231 e. The van der Waals surface area contributed by atoms with Gasteiger partial charge < -0.3 is 10.2 Å². The van der Waals surface area contributed by atoms with Crippen molar-refractivity contribution >= 4 is 0 Å². The highest BCUT2D eigenvalue weighted by atomic mass is 15.1. The molecule has 0 bridgehead atoms. The van der Waals surface area contributed by atoms with E-state index >= 15 is 0 Å². The lowest BCUT2D eigenvalue weighted by Gasteiger charge is -2.16. The molecule has 0 heterocycles. The van der Waals surface area contributed by atoms with Gasteiger partial charge in [-0.05, 0) is 19.7 Å². The molecule has 0 spiro atoms. The molecule has 0 saturated carbocycles. The molecule has 0 atom stereocenters. The lowest BCUT2D eigenvalue weighted by atomic mass is 10.2. The van der Waals surface area contributed by atoms with Crippen LogP contribution < -0.4 is 5.32 Å². The molecule has 0 aromatic carbocycles. The lowest BCUT2D eigenvalue weighted by molar-refractivity contribution is 0.365. The van der Waals surface area contributed by atoms with Gasteiger partial charge >= 0.3 is 0 Å². The molecular weight excluding hydrogens is 184 g/mol. The Bertz CT molecular complexity index is 183. The summed E-state index contributed by atoms with van der Waals surface area (Å²) < 4.78 is 0. The van der Waals surface area contributed by atoms with Gasteiger partial charge in [-0.2, -0.15) is 0 Å². The lowest BCUT2D eigenvalue weighted by Crippen LogP contribution is -2.28. The van der Waals surface area contributed by atoms with Crippen molar-refractivity contribution in [2.45, 2.75) is 13.8 Å². The molecule has 0 aromatic rings. The van der Waals surface area contributed by atoms with Crippen molar-refractivity contribution in [3.8, 4) is 0 Å². The molecular formula is C13H26N2. The highest BCUT2D eigenvalue weighted by molar-refractivity contribution is 5.22. The maximum atomic E-state index is 3.75. The van der Waals surface area contributed by atoms with E-state index in [4.69, 9.17) is 0 Å². The van der Waals surface area contributed by atoms with E-state index in [1.54, 1.807) is 6.08 Å². The van der Waals surface area contributed by atoms with Gasteiger partial charge in [0.25, 0.3) is 0 Å². The fraction of sp³-hybridized carbons (Fsp3) is 0.538. The molecule has 0 aliphatic rings. The van der Waals surface area contributed by atoms with E-state index in [1.165, 1.54) is 5.57 Å². The molecule has 15 heavy (non-hydrogen) atoms. The first-order valence-corrected chi connectivity index (χ1v) is 5.51. The summed E-state index contributed by atoms with van der Waals surface area (Å²) in [4.78, 5) is 2.24. The fourth-order valence-corrected chi connectivity index (χ4v) is 1.03. The normalized spacial score (nSPS) is 10.6. The Morgan fingerprint density at radius 3 is 2.33 bits per heavy atom. The summed E-state index contributed by atoms with van der Waals surface area (Å²) in [6.07, 6.45) is 5.66. The Morgan fingerprint density at radius 2 is 1.93 bits per heavy atom. The second kappa shape index (κ2) is 13.1. The highest BCUT2D eigenvalue weighted by Crippen LogP contribution is 1.98. The van der Waals surface area contributed by atoms with Crippen LogP contribution in [0.2, 0.25) is 0 Å². The number of nitrogens with zero attached hydrogens (tertiary/aromatic N) is 1. The second-order valence-corrected chi connectivity index (χ2v) is 3.02. The summed E-state index contributed by atoms with van der Waals surface area (Å²) in [6, 6.07) is 0. The van der Waals surface area contributed by atoms with E-state index in [0.29, 0.717) is 0 Å². The second-order valence-electron chi connectivity index (χ2n) is 3.02. The van der Waals surface area contributed by atoms with Gasteiger partial charge in [0.15, 0.2) is 0 Å². The third-order valence-electron chi connectivity index (χ3n) is 1.79. The van der Waals surface area contributed by atoms with Gasteiger partial charge in [0.2, 0.25) is 0 Å². The number of allylic oxidation sites excluding steroid dienone is 2. The predicted octanol–water partition coefficient (Wildman–Crippen LogP) is 2.46. The third-order valence-corrected chi connectivity index (χ3v) is 1.79. The molecule has 1 N–H and O–H groups in total. The van der Waals surface area contributed by atoms with Crippen molar-refractivity contribution in [2.24, 2.45) is 0 Å². The predicted molar refractivity (Wildman–Crippen MR) is 71.2 cm³/mol. The summed E-state index contributed by atoms with van der Waals surface area (Å²) in [7, 11) is 4.06. The van der Waals surface area contributed by atoms with Crippen molar-refractivity contribution in [3.05, 3.63) is 37.0 Å². The molecule has 0 saturated heterocycles. The number of hydrogen-bond donors (Lipinski definition) is 1. The van der Waals surface area contributed by atoms with Gasteiger partial charge in [-0.15, -0.1) is 0 Å². The van der Waals surface area contributed by atoms with Gasteiger partial charge in [-0.3, -0.25) is 0 Å². The fourth-order valence-electron chi connectivity index (χ4n) is 1.03. The number of rotatable bonds is 7. The molecule has 0 rings (SSSR count). The molecule has 88 valence electrons. The Balaban J connectivity index is 0. The van der Waals surface area contributed by atoms with E-state index < -0.39 is 0 Å². The summed E-state index contributed by atoms with van der Waals surface area (Å²) in [5, 5.41) is 3.11. The van der Waals surface area contributed by atoms with Gasteiger partial charge in [0.1, 0.15) is 0 Å². The zero-order chi connectivity index (χ0) is 12.1.